The molecule has 0 spiro atoms. The predicted octanol–water partition coefficient (Wildman–Crippen LogP) is 5.76. The lowest BCUT2D eigenvalue weighted by molar-refractivity contribution is 0.578. The van der Waals surface area contributed by atoms with Crippen LogP contribution in [0.5, 0.6) is 0 Å². The number of hydrogen-bond acceptors (Lipinski definition) is 1. The van der Waals surface area contributed by atoms with Crippen LogP contribution in [0.1, 0.15) is 57.9 Å². The smallest absolute Gasteiger partial charge is 0.0372 e. The summed E-state index contributed by atoms with van der Waals surface area (Å²) in [5, 5.41) is 3.62. The van der Waals surface area contributed by atoms with E-state index < -0.39 is 0 Å². The molecule has 0 saturated heterocycles. The van der Waals surface area contributed by atoms with Crippen LogP contribution in [-0.4, -0.2) is 6.04 Å². The van der Waals surface area contributed by atoms with Gasteiger partial charge in [0.2, 0.25) is 0 Å². The van der Waals surface area contributed by atoms with Crippen molar-refractivity contribution in [3.05, 3.63) is 27.3 Å². The molecule has 0 radical (unpaired) electrons. The van der Waals surface area contributed by atoms with Gasteiger partial charge >= 0.3 is 0 Å². The first-order chi connectivity index (χ1) is 8.63. The number of halogens is 1. The van der Waals surface area contributed by atoms with E-state index in [9.17, 15) is 0 Å². The number of rotatable bonds is 8. The Bertz CT molecular complexity index is 349. The van der Waals surface area contributed by atoms with Gasteiger partial charge in [-0.15, -0.1) is 0 Å². The van der Waals surface area contributed by atoms with E-state index >= 15 is 0 Å². The number of aryl methyl sites for hydroxylation is 1. The van der Waals surface area contributed by atoms with Crippen LogP contribution in [0.15, 0.2) is 18.2 Å². The summed E-state index contributed by atoms with van der Waals surface area (Å²) in [5.41, 5.74) is 2.64. The Labute approximate surface area is 126 Å². The molecular weight excluding hydrogens is 333 g/mol. The van der Waals surface area contributed by atoms with Gasteiger partial charge in [-0.2, -0.15) is 0 Å². The van der Waals surface area contributed by atoms with Gasteiger partial charge in [-0.05, 0) is 66.6 Å². The first kappa shape index (κ1) is 15.8. The second-order valence-electron chi connectivity index (χ2n) is 5.21. The van der Waals surface area contributed by atoms with Crippen LogP contribution < -0.4 is 5.32 Å². The summed E-state index contributed by atoms with van der Waals surface area (Å²) in [7, 11) is 0. The van der Waals surface area contributed by atoms with Gasteiger partial charge < -0.3 is 5.32 Å². The molecule has 0 bridgehead atoms. The lowest BCUT2D eigenvalue weighted by Gasteiger charge is -2.17. The molecule has 1 aromatic carbocycles. The minimum atomic E-state index is 0.574. The lowest BCUT2D eigenvalue weighted by atomic mass is 10.1. The summed E-state index contributed by atoms with van der Waals surface area (Å²) in [6.07, 6.45) is 8.11. The molecule has 0 saturated carbocycles. The molecule has 0 aliphatic carbocycles. The molecule has 102 valence electrons. The largest absolute Gasteiger partial charge is 0.382 e. The monoisotopic (exact) mass is 359 g/mol. The highest BCUT2D eigenvalue weighted by Gasteiger charge is 2.04. The van der Waals surface area contributed by atoms with Crippen LogP contribution in [0.3, 0.4) is 0 Å². The molecule has 1 nitrogen and oxygen atoms in total. The highest BCUT2D eigenvalue weighted by atomic mass is 127. The fourth-order valence-corrected chi connectivity index (χ4v) is 2.83. The van der Waals surface area contributed by atoms with E-state index in [4.69, 9.17) is 0 Å². The molecule has 1 rings (SSSR count). The summed E-state index contributed by atoms with van der Waals surface area (Å²) >= 11 is 2.36. The predicted molar refractivity (Wildman–Crippen MR) is 90.4 cm³/mol. The molecule has 0 heterocycles. The van der Waals surface area contributed by atoms with E-state index in [0.717, 1.165) is 0 Å². The van der Waals surface area contributed by atoms with Crippen molar-refractivity contribution < 1.29 is 0 Å². The molecule has 1 N–H and O–H groups in total. The van der Waals surface area contributed by atoms with Crippen LogP contribution >= 0.6 is 22.6 Å². The SMILES string of the molecule is CCCCCCCC(C)Nc1ccc(I)cc1C. The zero-order valence-corrected chi connectivity index (χ0v) is 14.1. The number of nitrogens with one attached hydrogen (secondary N) is 1. The summed E-state index contributed by atoms with van der Waals surface area (Å²) in [6, 6.07) is 7.18. The zero-order valence-electron chi connectivity index (χ0n) is 11.9. The van der Waals surface area contributed by atoms with Gasteiger partial charge in [-0.25, -0.2) is 0 Å². The van der Waals surface area contributed by atoms with Crippen molar-refractivity contribution in [2.75, 3.05) is 5.32 Å². The van der Waals surface area contributed by atoms with Gasteiger partial charge in [0.15, 0.2) is 0 Å². The van der Waals surface area contributed by atoms with Crippen molar-refractivity contribution in [1.29, 1.82) is 0 Å². The van der Waals surface area contributed by atoms with Gasteiger partial charge in [-0.3, -0.25) is 0 Å². The van der Waals surface area contributed by atoms with Gasteiger partial charge in [0.25, 0.3) is 0 Å². The first-order valence-electron chi connectivity index (χ1n) is 7.16. The first-order valence-corrected chi connectivity index (χ1v) is 8.24. The Morgan fingerprint density at radius 1 is 1.17 bits per heavy atom. The molecule has 0 aliphatic rings. The quantitative estimate of drug-likeness (QED) is 0.460. The molecular formula is C16H26IN. The van der Waals surface area contributed by atoms with Crippen molar-refractivity contribution in [2.24, 2.45) is 0 Å². The molecule has 2 heteroatoms. The summed E-state index contributed by atoms with van der Waals surface area (Å²) < 4.78 is 1.31. The van der Waals surface area contributed by atoms with E-state index in [1.54, 1.807) is 0 Å². The second kappa shape index (κ2) is 8.78. The van der Waals surface area contributed by atoms with E-state index in [-0.39, 0.29) is 0 Å². The molecule has 0 fully saturated rings. The number of benzene rings is 1. The summed E-state index contributed by atoms with van der Waals surface area (Å²) in [4.78, 5) is 0. The average molecular weight is 359 g/mol. The normalized spacial score (nSPS) is 12.4. The standard InChI is InChI=1S/C16H26IN/c1-4-5-6-7-8-9-14(3)18-16-11-10-15(17)12-13(16)2/h10-12,14,18H,4-9H2,1-3H3. The third kappa shape index (κ3) is 6.07. The molecule has 1 atom stereocenters. The van der Waals surface area contributed by atoms with Crippen molar-refractivity contribution in [3.8, 4) is 0 Å². The Morgan fingerprint density at radius 2 is 1.89 bits per heavy atom. The highest BCUT2D eigenvalue weighted by molar-refractivity contribution is 14.1. The molecule has 0 aliphatic heterocycles. The third-order valence-electron chi connectivity index (χ3n) is 3.33. The summed E-state index contributed by atoms with van der Waals surface area (Å²) in [5.74, 6) is 0. The molecule has 0 aromatic heterocycles. The van der Waals surface area contributed by atoms with E-state index in [2.05, 4.69) is 66.9 Å². The maximum Gasteiger partial charge on any atom is 0.0372 e. The van der Waals surface area contributed by atoms with Gasteiger partial charge in [0, 0.05) is 15.3 Å². The van der Waals surface area contributed by atoms with E-state index in [0.29, 0.717) is 6.04 Å². The van der Waals surface area contributed by atoms with Crippen molar-refractivity contribution >= 4 is 28.3 Å². The van der Waals surface area contributed by atoms with Gasteiger partial charge in [0.1, 0.15) is 0 Å². The fourth-order valence-electron chi connectivity index (χ4n) is 2.18. The molecule has 18 heavy (non-hydrogen) atoms. The Morgan fingerprint density at radius 3 is 2.56 bits per heavy atom. The topological polar surface area (TPSA) is 12.0 Å². The van der Waals surface area contributed by atoms with Crippen molar-refractivity contribution in [3.63, 3.8) is 0 Å². The van der Waals surface area contributed by atoms with Crippen LogP contribution in [-0.2, 0) is 0 Å². The average Bonchev–Trinajstić information content (AvgIpc) is 2.32. The zero-order chi connectivity index (χ0) is 13.4. The maximum absolute atomic E-state index is 3.62. The fraction of sp³-hybridized carbons (Fsp3) is 0.625. The molecule has 1 unspecified atom stereocenters. The number of hydrogen-bond donors (Lipinski definition) is 1. The van der Waals surface area contributed by atoms with Crippen LogP contribution in [0.2, 0.25) is 0 Å². The number of anilines is 1. The minimum absolute atomic E-state index is 0.574. The van der Waals surface area contributed by atoms with Crippen molar-refractivity contribution in [2.45, 2.75) is 65.3 Å². The van der Waals surface area contributed by atoms with Crippen molar-refractivity contribution in [1.82, 2.24) is 0 Å². The lowest BCUT2D eigenvalue weighted by Crippen LogP contribution is -2.15. The van der Waals surface area contributed by atoms with Crippen LogP contribution in [0.4, 0.5) is 5.69 Å². The highest BCUT2D eigenvalue weighted by Crippen LogP contribution is 2.19. The van der Waals surface area contributed by atoms with Crippen LogP contribution in [0.25, 0.3) is 0 Å². The van der Waals surface area contributed by atoms with Gasteiger partial charge in [-0.1, -0.05) is 39.0 Å². The molecule has 0 amide bonds. The van der Waals surface area contributed by atoms with E-state index in [1.165, 1.54) is 53.3 Å². The minimum Gasteiger partial charge on any atom is -0.382 e. The Kier molecular flexibility index (Phi) is 7.71. The van der Waals surface area contributed by atoms with Crippen LogP contribution in [0, 0.1) is 10.5 Å². The molecule has 1 aromatic rings. The maximum atomic E-state index is 3.62. The summed E-state index contributed by atoms with van der Waals surface area (Å²) in [6.45, 7) is 6.74. The third-order valence-corrected chi connectivity index (χ3v) is 4.00. The Balaban J connectivity index is 2.28. The van der Waals surface area contributed by atoms with Gasteiger partial charge in [0.05, 0.1) is 0 Å². The Hall–Kier alpha value is -0.250. The second-order valence-corrected chi connectivity index (χ2v) is 6.45. The number of unbranched alkanes of at least 4 members (excludes halogenated alkanes) is 4. The van der Waals surface area contributed by atoms with E-state index in [1.807, 2.05) is 0 Å².